The minimum absolute atomic E-state index is 0.192. The standard InChI is InChI=1S/C5H7NO3/c1-3-5(6-8)9-4(2)7/h3,8H,1H2,2H3. The van der Waals surface area contributed by atoms with Crippen LogP contribution in [0.5, 0.6) is 0 Å². The highest BCUT2D eigenvalue weighted by atomic mass is 16.6. The van der Waals surface area contributed by atoms with Crippen LogP contribution in [0.4, 0.5) is 0 Å². The molecule has 0 bridgehead atoms. The first-order chi connectivity index (χ1) is 4.20. The Bertz CT molecular complexity index is 150. The molecule has 0 amide bonds. The molecule has 9 heavy (non-hydrogen) atoms. The molecule has 4 heteroatoms. The Morgan fingerprint density at radius 2 is 2.44 bits per heavy atom. The van der Waals surface area contributed by atoms with Gasteiger partial charge in [0.2, 0.25) is 0 Å². The monoisotopic (exact) mass is 129 g/mol. The average Bonchev–Trinajstić information content (AvgIpc) is 1.82. The van der Waals surface area contributed by atoms with E-state index in [0.717, 1.165) is 6.08 Å². The van der Waals surface area contributed by atoms with Crippen molar-refractivity contribution in [2.24, 2.45) is 5.16 Å². The van der Waals surface area contributed by atoms with Crippen molar-refractivity contribution >= 4 is 11.9 Å². The highest BCUT2D eigenvalue weighted by Crippen LogP contribution is 1.82. The number of rotatable bonds is 1. The van der Waals surface area contributed by atoms with E-state index in [1.54, 1.807) is 0 Å². The van der Waals surface area contributed by atoms with Crippen LogP contribution < -0.4 is 0 Å². The number of carbonyl (C=O) groups is 1. The van der Waals surface area contributed by atoms with Gasteiger partial charge >= 0.3 is 5.97 Å². The maximum absolute atomic E-state index is 10.1. The van der Waals surface area contributed by atoms with Crippen molar-refractivity contribution in [2.75, 3.05) is 0 Å². The lowest BCUT2D eigenvalue weighted by molar-refractivity contribution is -0.133. The molecular formula is C5H7NO3. The molecule has 0 aliphatic carbocycles. The van der Waals surface area contributed by atoms with Gasteiger partial charge in [-0.15, -0.1) is 0 Å². The Hall–Kier alpha value is -1.32. The number of oxime groups is 1. The molecule has 1 N–H and O–H groups in total. The third kappa shape index (κ3) is 3.28. The van der Waals surface area contributed by atoms with Crippen molar-refractivity contribution in [3.05, 3.63) is 12.7 Å². The second-order valence-corrected chi connectivity index (χ2v) is 1.24. The van der Waals surface area contributed by atoms with E-state index in [2.05, 4.69) is 16.5 Å². The molecule has 0 heterocycles. The van der Waals surface area contributed by atoms with Crippen molar-refractivity contribution in [3.63, 3.8) is 0 Å². The minimum Gasteiger partial charge on any atom is -0.408 e. The van der Waals surface area contributed by atoms with Gasteiger partial charge in [-0.2, -0.15) is 0 Å². The van der Waals surface area contributed by atoms with Crippen LogP contribution in [0.15, 0.2) is 17.8 Å². The third-order valence-corrected chi connectivity index (χ3v) is 0.521. The predicted octanol–water partition coefficient (Wildman–Crippen LogP) is 0.523. The van der Waals surface area contributed by atoms with Crippen LogP contribution in [0.3, 0.4) is 0 Å². The summed E-state index contributed by atoms with van der Waals surface area (Å²) in [5, 5.41) is 10.6. The summed E-state index contributed by atoms with van der Waals surface area (Å²) in [6.45, 7) is 4.42. The van der Waals surface area contributed by atoms with Gasteiger partial charge in [-0.3, -0.25) is 4.79 Å². The molecule has 0 spiro atoms. The molecule has 0 aromatic carbocycles. The molecular weight excluding hydrogens is 122 g/mol. The summed E-state index contributed by atoms with van der Waals surface area (Å²) in [7, 11) is 0. The molecule has 0 unspecified atom stereocenters. The molecule has 0 aliphatic rings. The van der Waals surface area contributed by atoms with Gasteiger partial charge in [0.25, 0.3) is 5.90 Å². The lowest BCUT2D eigenvalue weighted by atomic mass is 10.6. The van der Waals surface area contributed by atoms with Crippen LogP contribution in [0, 0.1) is 0 Å². The fourth-order valence-electron chi connectivity index (χ4n) is 0.250. The number of ether oxygens (including phenoxy) is 1. The predicted molar refractivity (Wildman–Crippen MR) is 31.2 cm³/mol. The normalized spacial score (nSPS) is 10.6. The largest absolute Gasteiger partial charge is 0.408 e. The summed E-state index contributed by atoms with van der Waals surface area (Å²) >= 11 is 0. The molecule has 0 aromatic heterocycles. The Balaban J connectivity index is 3.86. The van der Waals surface area contributed by atoms with Crippen molar-refractivity contribution in [3.8, 4) is 0 Å². The lowest BCUT2D eigenvalue weighted by Crippen LogP contribution is -2.05. The molecule has 0 saturated heterocycles. The number of carbonyl (C=O) groups excluding carboxylic acids is 1. The topological polar surface area (TPSA) is 58.9 Å². The zero-order chi connectivity index (χ0) is 7.28. The number of hydrogen-bond donors (Lipinski definition) is 1. The first kappa shape index (κ1) is 7.68. The van der Waals surface area contributed by atoms with E-state index in [4.69, 9.17) is 5.21 Å². The van der Waals surface area contributed by atoms with E-state index < -0.39 is 5.97 Å². The molecule has 0 fully saturated rings. The van der Waals surface area contributed by atoms with Gasteiger partial charge in [-0.1, -0.05) is 6.58 Å². The van der Waals surface area contributed by atoms with Crippen LogP contribution in [-0.2, 0) is 9.53 Å². The fraction of sp³-hybridized carbons (Fsp3) is 0.200. The van der Waals surface area contributed by atoms with Crippen molar-refractivity contribution in [1.82, 2.24) is 0 Å². The van der Waals surface area contributed by atoms with Crippen LogP contribution >= 0.6 is 0 Å². The van der Waals surface area contributed by atoms with Gasteiger partial charge in [0, 0.05) is 6.92 Å². The summed E-state index contributed by atoms with van der Waals surface area (Å²) < 4.78 is 4.29. The smallest absolute Gasteiger partial charge is 0.309 e. The van der Waals surface area contributed by atoms with Crippen molar-refractivity contribution in [2.45, 2.75) is 6.92 Å². The van der Waals surface area contributed by atoms with Crippen molar-refractivity contribution < 1.29 is 14.7 Å². The van der Waals surface area contributed by atoms with E-state index in [1.165, 1.54) is 6.92 Å². The first-order valence-corrected chi connectivity index (χ1v) is 2.23. The van der Waals surface area contributed by atoms with Gasteiger partial charge in [-0.05, 0) is 11.2 Å². The number of hydrogen-bond acceptors (Lipinski definition) is 4. The Kier molecular flexibility index (Phi) is 3.12. The molecule has 0 aromatic rings. The highest BCUT2D eigenvalue weighted by Gasteiger charge is 1.96. The Morgan fingerprint density at radius 3 is 2.56 bits per heavy atom. The fourth-order valence-corrected chi connectivity index (χ4v) is 0.250. The maximum Gasteiger partial charge on any atom is 0.309 e. The number of esters is 1. The zero-order valence-corrected chi connectivity index (χ0v) is 5.00. The summed E-state index contributed by atoms with van der Waals surface area (Å²) in [6, 6.07) is 0. The molecule has 50 valence electrons. The average molecular weight is 129 g/mol. The molecule has 0 aliphatic heterocycles. The van der Waals surface area contributed by atoms with Gasteiger partial charge in [0.15, 0.2) is 0 Å². The first-order valence-electron chi connectivity index (χ1n) is 2.23. The Morgan fingerprint density at radius 1 is 1.89 bits per heavy atom. The summed E-state index contributed by atoms with van der Waals surface area (Å²) in [6.07, 6.45) is 1.13. The van der Waals surface area contributed by atoms with Gasteiger partial charge in [0.1, 0.15) is 0 Å². The van der Waals surface area contributed by atoms with Gasteiger partial charge in [0.05, 0.1) is 0 Å². The second kappa shape index (κ2) is 3.65. The van der Waals surface area contributed by atoms with Crippen LogP contribution in [0.1, 0.15) is 6.92 Å². The number of nitrogens with zero attached hydrogens (tertiary/aromatic N) is 1. The van der Waals surface area contributed by atoms with E-state index >= 15 is 0 Å². The SMILES string of the molecule is C=CC(=NO)OC(C)=O. The quantitative estimate of drug-likeness (QED) is 0.184. The lowest BCUT2D eigenvalue weighted by Gasteiger charge is -1.94. The summed E-state index contributed by atoms with van der Waals surface area (Å²) in [5.74, 6) is -0.731. The highest BCUT2D eigenvalue weighted by molar-refractivity contribution is 5.94. The molecule has 4 nitrogen and oxygen atoms in total. The van der Waals surface area contributed by atoms with Gasteiger partial charge in [-0.25, -0.2) is 0 Å². The third-order valence-electron chi connectivity index (χ3n) is 0.521. The zero-order valence-electron chi connectivity index (χ0n) is 5.00. The van der Waals surface area contributed by atoms with E-state index in [-0.39, 0.29) is 5.90 Å². The van der Waals surface area contributed by atoms with E-state index in [1.807, 2.05) is 0 Å². The Labute approximate surface area is 52.4 Å². The van der Waals surface area contributed by atoms with E-state index in [9.17, 15) is 4.79 Å². The molecule has 0 radical (unpaired) electrons. The second-order valence-electron chi connectivity index (χ2n) is 1.24. The van der Waals surface area contributed by atoms with Crippen LogP contribution in [0.2, 0.25) is 0 Å². The van der Waals surface area contributed by atoms with Crippen molar-refractivity contribution in [1.29, 1.82) is 0 Å². The molecule has 0 saturated carbocycles. The molecule has 0 rings (SSSR count). The minimum atomic E-state index is -0.539. The molecule has 0 atom stereocenters. The van der Waals surface area contributed by atoms with E-state index in [0.29, 0.717) is 0 Å². The summed E-state index contributed by atoms with van der Waals surface area (Å²) in [5.41, 5.74) is 0. The summed E-state index contributed by atoms with van der Waals surface area (Å²) in [4.78, 5) is 10.1. The van der Waals surface area contributed by atoms with Crippen LogP contribution in [-0.4, -0.2) is 17.1 Å². The van der Waals surface area contributed by atoms with Gasteiger partial charge < -0.3 is 9.94 Å². The maximum atomic E-state index is 10.1. The van der Waals surface area contributed by atoms with Crippen LogP contribution in [0.25, 0.3) is 0 Å².